The number of hydrogen-bond acceptors (Lipinski definition) is 1. The first kappa shape index (κ1) is 8.82. The maximum absolute atomic E-state index is 6.19. The van der Waals surface area contributed by atoms with Crippen molar-refractivity contribution in [1.29, 1.82) is 0 Å². The Morgan fingerprint density at radius 2 is 2.08 bits per heavy atom. The fourth-order valence-corrected chi connectivity index (χ4v) is 2.31. The third-order valence-corrected chi connectivity index (χ3v) is 3.16. The van der Waals surface area contributed by atoms with E-state index in [-0.39, 0.29) is 6.04 Å². The molecule has 0 aliphatic heterocycles. The minimum absolute atomic E-state index is 0.256. The quantitative estimate of drug-likeness (QED) is 0.718. The molecule has 0 saturated heterocycles. The van der Waals surface area contributed by atoms with Crippen molar-refractivity contribution in [3.05, 3.63) is 24.0 Å². The van der Waals surface area contributed by atoms with Gasteiger partial charge in [-0.2, -0.15) is 0 Å². The maximum atomic E-state index is 6.19. The summed E-state index contributed by atoms with van der Waals surface area (Å²) in [5.74, 6) is 0.713. The summed E-state index contributed by atoms with van der Waals surface area (Å²) in [4.78, 5) is 3.07. The molecule has 0 bridgehead atoms. The van der Waals surface area contributed by atoms with E-state index in [9.17, 15) is 0 Å². The molecule has 1 fully saturated rings. The highest BCUT2D eigenvalue weighted by atomic mass is 14.7. The van der Waals surface area contributed by atoms with Crippen LogP contribution in [0.1, 0.15) is 43.7 Å². The van der Waals surface area contributed by atoms with Crippen LogP contribution in [0.2, 0.25) is 0 Å². The zero-order valence-corrected chi connectivity index (χ0v) is 8.00. The van der Waals surface area contributed by atoms with Gasteiger partial charge in [-0.05, 0) is 30.4 Å². The Morgan fingerprint density at radius 1 is 1.31 bits per heavy atom. The van der Waals surface area contributed by atoms with Gasteiger partial charge in [0.1, 0.15) is 0 Å². The molecule has 1 heterocycles. The summed E-state index contributed by atoms with van der Waals surface area (Å²) in [7, 11) is 0. The van der Waals surface area contributed by atoms with Crippen LogP contribution in [0.15, 0.2) is 18.5 Å². The Balaban J connectivity index is 1.99. The largest absolute Gasteiger partial charge is 0.367 e. The second-order valence-corrected chi connectivity index (χ2v) is 4.07. The third-order valence-electron chi connectivity index (χ3n) is 3.16. The molecule has 1 atom stereocenters. The highest BCUT2D eigenvalue weighted by Gasteiger charge is 2.21. The lowest BCUT2D eigenvalue weighted by atomic mass is 9.82. The van der Waals surface area contributed by atoms with Gasteiger partial charge in [-0.25, -0.2) is 0 Å². The number of aromatic nitrogens is 1. The van der Waals surface area contributed by atoms with Crippen LogP contribution in [0.3, 0.4) is 0 Å². The first-order valence-corrected chi connectivity index (χ1v) is 5.26. The first-order valence-electron chi connectivity index (χ1n) is 5.26. The molecule has 0 aromatic carbocycles. The van der Waals surface area contributed by atoms with Crippen molar-refractivity contribution in [2.75, 3.05) is 0 Å². The van der Waals surface area contributed by atoms with Crippen LogP contribution in [0.25, 0.3) is 0 Å². The minimum atomic E-state index is 0.256. The lowest BCUT2D eigenvalue weighted by Crippen LogP contribution is -2.22. The highest BCUT2D eigenvalue weighted by Crippen LogP contribution is 2.32. The zero-order chi connectivity index (χ0) is 9.10. The minimum Gasteiger partial charge on any atom is -0.367 e. The Kier molecular flexibility index (Phi) is 2.69. The maximum Gasteiger partial charge on any atom is 0.0338 e. The first-order chi connectivity index (χ1) is 6.38. The number of H-pyrrole nitrogens is 1. The topological polar surface area (TPSA) is 41.8 Å². The van der Waals surface area contributed by atoms with Crippen molar-refractivity contribution in [3.63, 3.8) is 0 Å². The summed E-state index contributed by atoms with van der Waals surface area (Å²) in [6.07, 6.45) is 10.7. The Labute approximate surface area is 79.5 Å². The van der Waals surface area contributed by atoms with Crippen LogP contribution in [0, 0.1) is 5.92 Å². The van der Waals surface area contributed by atoms with E-state index in [1.54, 1.807) is 0 Å². The van der Waals surface area contributed by atoms with Crippen molar-refractivity contribution in [1.82, 2.24) is 4.98 Å². The van der Waals surface area contributed by atoms with E-state index in [1.807, 2.05) is 12.4 Å². The van der Waals surface area contributed by atoms with Gasteiger partial charge in [0, 0.05) is 18.4 Å². The molecule has 2 heteroatoms. The SMILES string of the molecule is NC(c1cc[nH]c1)C1CCCCC1. The van der Waals surface area contributed by atoms with E-state index in [1.165, 1.54) is 37.7 Å². The molecule has 1 unspecified atom stereocenters. The second kappa shape index (κ2) is 3.97. The molecule has 1 aliphatic carbocycles. The normalized spacial score (nSPS) is 21.6. The summed E-state index contributed by atoms with van der Waals surface area (Å²) in [6, 6.07) is 2.35. The lowest BCUT2D eigenvalue weighted by molar-refractivity contribution is 0.308. The average Bonchev–Trinajstić information content (AvgIpc) is 2.71. The van der Waals surface area contributed by atoms with Crippen molar-refractivity contribution in [2.24, 2.45) is 11.7 Å². The number of hydrogen-bond donors (Lipinski definition) is 2. The van der Waals surface area contributed by atoms with E-state index in [0.29, 0.717) is 5.92 Å². The molecule has 0 radical (unpaired) electrons. The van der Waals surface area contributed by atoms with Gasteiger partial charge in [0.25, 0.3) is 0 Å². The number of rotatable bonds is 2. The van der Waals surface area contributed by atoms with E-state index in [4.69, 9.17) is 5.73 Å². The van der Waals surface area contributed by atoms with Crippen molar-refractivity contribution >= 4 is 0 Å². The van der Waals surface area contributed by atoms with Crippen molar-refractivity contribution in [3.8, 4) is 0 Å². The molecular weight excluding hydrogens is 160 g/mol. The van der Waals surface area contributed by atoms with Gasteiger partial charge >= 0.3 is 0 Å². The molecule has 1 saturated carbocycles. The van der Waals surface area contributed by atoms with Crippen molar-refractivity contribution < 1.29 is 0 Å². The molecule has 3 N–H and O–H groups in total. The summed E-state index contributed by atoms with van der Waals surface area (Å²) >= 11 is 0. The number of aromatic amines is 1. The van der Waals surface area contributed by atoms with Crippen LogP contribution in [0.5, 0.6) is 0 Å². The fourth-order valence-electron chi connectivity index (χ4n) is 2.31. The van der Waals surface area contributed by atoms with E-state index in [2.05, 4.69) is 11.1 Å². The molecule has 1 aromatic rings. The molecular formula is C11H18N2. The predicted octanol–water partition coefficient (Wildman–Crippen LogP) is 2.59. The fraction of sp³-hybridized carbons (Fsp3) is 0.636. The van der Waals surface area contributed by atoms with Gasteiger partial charge in [0.15, 0.2) is 0 Å². The molecule has 1 aromatic heterocycles. The van der Waals surface area contributed by atoms with Gasteiger partial charge in [0.2, 0.25) is 0 Å². The number of nitrogens with one attached hydrogen (secondary N) is 1. The van der Waals surface area contributed by atoms with Gasteiger partial charge in [-0.3, -0.25) is 0 Å². The smallest absolute Gasteiger partial charge is 0.0338 e. The van der Waals surface area contributed by atoms with Crippen LogP contribution in [-0.4, -0.2) is 4.98 Å². The molecule has 0 amide bonds. The van der Waals surface area contributed by atoms with E-state index in [0.717, 1.165) is 0 Å². The van der Waals surface area contributed by atoms with E-state index < -0.39 is 0 Å². The number of nitrogens with two attached hydrogens (primary N) is 1. The van der Waals surface area contributed by atoms with E-state index >= 15 is 0 Å². The van der Waals surface area contributed by atoms with Gasteiger partial charge in [-0.1, -0.05) is 19.3 Å². The summed E-state index contributed by atoms with van der Waals surface area (Å²) < 4.78 is 0. The van der Waals surface area contributed by atoms with Crippen molar-refractivity contribution in [2.45, 2.75) is 38.1 Å². The Hall–Kier alpha value is -0.760. The average molecular weight is 178 g/mol. The summed E-state index contributed by atoms with van der Waals surface area (Å²) in [5, 5.41) is 0. The molecule has 13 heavy (non-hydrogen) atoms. The van der Waals surface area contributed by atoms with Crippen LogP contribution < -0.4 is 5.73 Å². The standard InChI is InChI=1S/C11H18N2/c12-11(10-6-7-13-8-10)9-4-2-1-3-5-9/h6-9,11,13H,1-5,12H2. The van der Waals surface area contributed by atoms with Gasteiger partial charge in [0.05, 0.1) is 0 Å². The van der Waals surface area contributed by atoms with Crippen LogP contribution >= 0.6 is 0 Å². The Morgan fingerprint density at radius 3 is 2.69 bits per heavy atom. The predicted molar refractivity (Wildman–Crippen MR) is 54.3 cm³/mol. The zero-order valence-electron chi connectivity index (χ0n) is 8.00. The second-order valence-electron chi connectivity index (χ2n) is 4.07. The molecule has 2 rings (SSSR count). The lowest BCUT2D eigenvalue weighted by Gasteiger charge is -2.26. The Bertz CT molecular complexity index is 235. The highest BCUT2D eigenvalue weighted by molar-refractivity contribution is 5.14. The molecule has 72 valence electrons. The summed E-state index contributed by atoms with van der Waals surface area (Å²) in [5.41, 5.74) is 7.46. The van der Waals surface area contributed by atoms with Crippen LogP contribution in [-0.2, 0) is 0 Å². The molecule has 2 nitrogen and oxygen atoms in total. The molecule has 0 spiro atoms. The third kappa shape index (κ3) is 1.94. The van der Waals surface area contributed by atoms with Gasteiger partial charge in [-0.15, -0.1) is 0 Å². The molecule has 1 aliphatic rings. The monoisotopic (exact) mass is 178 g/mol. The van der Waals surface area contributed by atoms with Gasteiger partial charge < -0.3 is 10.7 Å². The summed E-state index contributed by atoms with van der Waals surface area (Å²) in [6.45, 7) is 0. The van der Waals surface area contributed by atoms with Crippen LogP contribution in [0.4, 0.5) is 0 Å².